The second kappa shape index (κ2) is 5.82. The van der Waals surface area contributed by atoms with Crippen molar-refractivity contribution in [3.05, 3.63) is 64.7 Å². The van der Waals surface area contributed by atoms with Crippen LogP contribution in [-0.4, -0.2) is 14.1 Å². The van der Waals surface area contributed by atoms with Crippen LogP contribution in [-0.2, 0) is 10.0 Å². The second-order valence-corrected chi connectivity index (χ2v) is 6.79. The molecule has 3 nitrogen and oxygen atoms in total. The lowest BCUT2D eigenvalue weighted by atomic mass is 10.1. The molecule has 4 heteroatoms. The molecule has 21 heavy (non-hydrogen) atoms. The Hall–Kier alpha value is -1.94. The van der Waals surface area contributed by atoms with Gasteiger partial charge >= 0.3 is 0 Å². The molecule has 0 saturated heterocycles. The van der Waals surface area contributed by atoms with Gasteiger partial charge in [0.15, 0.2) is 0 Å². The molecule has 2 aromatic rings. The van der Waals surface area contributed by atoms with E-state index in [-0.39, 0.29) is 0 Å². The van der Waals surface area contributed by atoms with E-state index < -0.39 is 10.0 Å². The smallest absolute Gasteiger partial charge is 0.199 e. The van der Waals surface area contributed by atoms with Gasteiger partial charge in [0.25, 0.3) is 10.0 Å². The summed E-state index contributed by atoms with van der Waals surface area (Å²) in [7, 11) is -3.70. The maximum atomic E-state index is 12.6. The highest BCUT2D eigenvalue weighted by molar-refractivity contribution is 7.90. The van der Waals surface area contributed by atoms with Crippen molar-refractivity contribution in [3.8, 4) is 0 Å². The van der Waals surface area contributed by atoms with Crippen LogP contribution in [0.15, 0.2) is 51.8 Å². The zero-order chi connectivity index (χ0) is 15.6. The lowest BCUT2D eigenvalue weighted by molar-refractivity contribution is 0.597. The van der Waals surface area contributed by atoms with Crippen LogP contribution < -0.4 is 0 Å². The van der Waals surface area contributed by atoms with Crippen molar-refractivity contribution < 1.29 is 8.42 Å². The number of sulfonamides is 1. The van der Waals surface area contributed by atoms with E-state index >= 15 is 0 Å². The lowest BCUT2D eigenvalue weighted by Crippen LogP contribution is -2.07. The lowest BCUT2D eigenvalue weighted by Gasteiger charge is -2.10. The van der Waals surface area contributed by atoms with Gasteiger partial charge in [0.2, 0.25) is 0 Å². The standard InChI is InChI=1S/C17H19NO2S/c1-12-10-13(2)17(14(3)11-12)21(19,20)18-15(4)16-8-6-5-7-9-16/h5-11H,1-4H3/b18-15-. The minimum Gasteiger partial charge on any atom is -0.199 e. The van der Waals surface area contributed by atoms with Crippen LogP contribution in [0.2, 0.25) is 0 Å². The summed E-state index contributed by atoms with van der Waals surface area (Å²) < 4.78 is 29.2. The molecule has 110 valence electrons. The third kappa shape index (κ3) is 3.39. The van der Waals surface area contributed by atoms with Crippen molar-refractivity contribution in [2.75, 3.05) is 0 Å². The zero-order valence-corrected chi connectivity index (χ0v) is 13.5. The van der Waals surface area contributed by atoms with Gasteiger partial charge in [-0.2, -0.15) is 12.8 Å². The van der Waals surface area contributed by atoms with Gasteiger partial charge in [-0.25, -0.2) is 0 Å². The number of benzene rings is 2. The second-order valence-electron chi connectivity index (χ2n) is 5.25. The highest BCUT2D eigenvalue weighted by atomic mass is 32.2. The fourth-order valence-electron chi connectivity index (χ4n) is 2.53. The number of hydrogen-bond donors (Lipinski definition) is 0. The van der Waals surface area contributed by atoms with E-state index in [1.807, 2.05) is 49.4 Å². The third-order valence-electron chi connectivity index (χ3n) is 3.31. The van der Waals surface area contributed by atoms with Gasteiger partial charge in [0.1, 0.15) is 0 Å². The summed E-state index contributed by atoms with van der Waals surface area (Å²) in [4.78, 5) is 0.309. The number of nitrogens with zero attached hydrogens (tertiary/aromatic N) is 1. The fraction of sp³-hybridized carbons (Fsp3) is 0.235. The maximum Gasteiger partial charge on any atom is 0.283 e. The molecule has 0 aromatic heterocycles. The maximum absolute atomic E-state index is 12.6. The normalized spacial score (nSPS) is 12.5. The van der Waals surface area contributed by atoms with Crippen LogP contribution in [0.1, 0.15) is 29.2 Å². The first kappa shape index (κ1) is 15.4. The van der Waals surface area contributed by atoms with Crippen LogP contribution in [0.3, 0.4) is 0 Å². The fourth-order valence-corrected chi connectivity index (χ4v) is 4.02. The summed E-state index contributed by atoms with van der Waals surface area (Å²) in [5, 5.41) is 0. The summed E-state index contributed by atoms with van der Waals surface area (Å²) >= 11 is 0. The molecule has 0 aliphatic rings. The van der Waals surface area contributed by atoms with Crippen molar-refractivity contribution >= 4 is 15.7 Å². The van der Waals surface area contributed by atoms with E-state index in [0.717, 1.165) is 22.3 Å². The molecule has 0 N–H and O–H groups in total. The Morgan fingerprint density at radius 2 is 1.48 bits per heavy atom. The molecule has 0 unspecified atom stereocenters. The highest BCUT2D eigenvalue weighted by Crippen LogP contribution is 2.24. The van der Waals surface area contributed by atoms with Crippen LogP contribution in [0.4, 0.5) is 0 Å². The Morgan fingerprint density at radius 3 is 2.00 bits per heavy atom. The topological polar surface area (TPSA) is 46.5 Å². The molecular formula is C17H19NO2S. The first-order valence-electron chi connectivity index (χ1n) is 6.76. The van der Waals surface area contributed by atoms with Gasteiger partial charge in [-0.15, -0.1) is 0 Å². The molecule has 0 saturated carbocycles. The van der Waals surface area contributed by atoms with Crippen LogP contribution >= 0.6 is 0 Å². The predicted octanol–water partition coefficient (Wildman–Crippen LogP) is 3.81. The number of hydrogen-bond acceptors (Lipinski definition) is 2. The Morgan fingerprint density at radius 1 is 0.952 bits per heavy atom. The Labute approximate surface area is 126 Å². The van der Waals surface area contributed by atoms with Crippen molar-refractivity contribution in [2.24, 2.45) is 4.40 Å². The molecule has 0 atom stereocenters. The van der Waals surface area contributed by atoms with E-state index in [1.54, 1.807) is 20.8 Å². The number of rotatable bonds is 3. The molecule has 0 spiro atoms. The zero-order valence-electron chi connectivity index (χ0n) is 12.7. The van der Waals surface area contributed by atoms with Gasteiger partial charge < -0.3 is 0 Å². The Balaban J connectivity index is 2.54. The number of aryl methyl sites for hydroxylation is 3. The summed E-state index contributed by atoms with van der Waals surface area (Å²) in [6.45, 7) is 7.28. The minimum absolute atomic E-state index is 0.309. The van der Waals surface area contributed by atoms with Gasteiger partial charge in [0, 0.05) is 0 Å². The van der Waals surface area contributed by atoms with Crippen molar-refractivity contribution in [1.29, 1.82) is 0 Å². The molecule has 0 bridgehead atoms. The van der Waals surface area contributed by atoms with Gasteiger partial charge in [-0.1, -0.05) is 48.0 Å². The highest BCUT2D eigenvalue weighted by Gasteiger charge is 2.19. The van der Waals surface area contributed by atoms with Gasteiger partial charge in [-0.05, 0) is 44.4 Å². The monoisotopic (exact) mass is 301 g/mol. The molecule has 0 aliphatic heterocycles. The van der Waals surface area contributed by atoms with Gasteiger partial charge in [-0.3, -0.25) is 0 Å². The first-order chi connectivity index (χ1) is 9.81. The van der Waals surface area contributed by atoms with Crippen molar-refractivity contribution in [3.63, 3.8) is 0 Å². The predicted molar refractivity (Wildman–Crippen MR) is 86.5 cm³/mol. The van der Waals surface area contributed by atoms with E-state index in [4.69, 9.17) is 0 Å². The average molecular weight is 301 g/mol. The summed E-state index contributed by atoms with van der Waals surface area (Å²) in [6, 6.07) is 13.1. The minimum atomic E-state index is -3.70. The van der Waals surface area contributed by atoms with E-state index in [0.29, 0.717) is 10.6 Å². The Kier molecular flexibility index (Phi) is 4.28. The van der Waals surface area contributed by atoms with Crippen molar-refractivity contribution in [1.82, 2.24) is 0 Å². The van der Waals surface area contributed by atoms with Crippen LogP contribution in [0, 0.1) is 20.8 Å². The van der Waals surface area contributed by atoms with E-state index in [9.17, 15) is 8.42 Å². The summed E-state index contributed by atoms with van der Waals surface area (Å²) in [5.41, 5.74) is 3.82. The summed E-state index contributed by atoms with van der Waals surface area (Å²) in [5.74, 6) is 0. The van der Waals surface area contributed by atoms with Crippen LogP contribution in [0.5, 0.6) is 0 Å². The van der Waals surface area contributed by atoms with Gasteiger partial charge in [0.05, 0.1) is 10.6 Å². The van der Waals surface area contributed by atoms with E-state index in [1.165, 1.54) is 0 Å². The largest absolute Gasteiger partial charge is 0.283 e. The molecular weight excluding hydrogens is 282 g/mol. The first-order valence-corrected chi connectivity index (χ1v) is 8.20. The molecule has 0 heterocycles. The molecule has 0 aliphatic carbocycles. The van der Waals surface area contributed by atoms with Crippen LogP contribution in [0.25, 0.3) is 0 Å². The molecule has 2 aromatic carbocycles. The average Bonchev–Trinajstić information content (AvgIpc) is 2.37. The third-order valence-corrected chi connectivity index (χ3v) is 4.99. The molecule has 2 rings (SSSR count). The van der Waals surface area contributed by atoms with Crippen molar-refractivity contribution in [2.45, 2.75) is 32.6 Å². The summed E-state index contributed by atoms with van der Waals surface area (Å²) in [6.07, 6.45) is 0. The molecule has 0 radical (unpaired) electrons. The molecule has 0 amide bonds. The SMILES string of the molecule is C/C(=N/S(=O)(=O)c1c(C)cc(C)cc1C)c1ccccc1. The quantitative estimate of drug-likeness (QED) is 0.809. The Bertz CT molecular complexity index is 768. The van der Waals surface area contributed by atoms with E-state index in [2.05, 4.69) is 4.40 Å². The molecule has 0 fully saturated rings.